The molecule has 3 aromatic rings. The molecule has 0 bridgehead atoms. The molecule has 0 saturated carbocycles. The summed E-state index contributed by atoms with van der Waals surface area (Å²) in [6.45, 7) is 0. The zero-order valence-electron chi connectivity index (χ0n) is 16.2. The Balaban J connectivity index is 1.65. The Bertz CT molecular complexity index is 1240. The lowest BCUT2D eigenvalue weighted by atomic mass is 10.2. The summed E-state index contributed by atoms with van der Waals surface area (Å²) in [5, 5.41) is 2.69. The molecule has 150 valence electrons. The van der Waals surface area contributed by atoms with Crippen molar-refractivity contribution in [1.29, 1.82) is 0 Å². The first kappa shape index (κ1) is 20.8. The number of carbonyl (C=O) groups excluding carboxylic acids is 1. The van der Waals surface area contributed by atoms with Crippen LogP contribution in [0.15, 0.2) is 95.9 Å². The van der Waals surface area contributed by atoms with E-state index in [4.69, 9.17) is 5.73 Å². The summed E-state index contributed by atoms with van der Waals surface area (Å²) in [7, 11) is -2.68. The Kier molecular flexibility index (Phi) is 6.58. The van der Waals surface area contributed by atoms with E-state index in [1.807, 2.05) is 30.3 Å². The number of anilines is 3. The van der Waals surface area contributed by atoms with Gasteiger partial charge in [-0.15, -0.1) is 0 Å². The quantitative estimate of drug-likeness (QED) is 0.256. The fraction of sp³-hybridized carbons (Fsp3) is 0. The molecular weight excluding hydrogens is 394 g/mol. The van der Waals surface area contributed by atoms with Crippen molar-refractivity contribution in [3.05, 3.63) is 96.6 Å². The molecule has 3 rings (SSSR count). The van der Waals surface area contributed by atoms with E-state index in [-0.39, 0.29) is 5.91 Å². The van der Waals surface area contributed by atoms with Crippen LogP contribution in [0.3, 0.4) is 0 Å². The number of hydrogen-bond acceptors (Lipinski definition) is 3. The van der Waals surface area contributed by atoms with Crippen LogP contribution in [0.2, 0.25) is 0 Å². The van der Waals surface area contributed by atoms with Crippen LogP contribution in [0.1, 0.15) is 5.56 Å². The van der Waals surface area contributed by atoms with Crippen molar-refractivity contribution in [2.45, 2.75) is 4.90 Å². The second-order valence-electron chi connectivity index (χ2n) is 6.35. The van der Waals surface area contributed by atoms with E-state index in [1.54, 1.807) is 48.5 Å². The normalized spacial score (nSPS) is 12.4. The van der Waals surface area contributed by atoms with Gasteiger partial charge in [-0.05, 0) is 54.4 Å². The molecule has 0 aliphatic carbocycles. The molecular formula is C24H21N3O2S. The van der Waals surface area contributed by atoms with Crippen LogP contribution in [-0.4, -0.2) is 16.0 Å². The lowest BCUT2D eigenvalue weighted by molar-refractivity contribution is -0.111. The molecule has 0 spiro atoms. The molecule has 4 N–H and O–H groups in total. The van der Waals surface area contributed by atoms with Gasteiger partial charge < -0.3 is 15.8 Å². The van der Waals surface area contributed by atoms with Crippen LogP contribution in [0, 0.1) is 11.8 Å². The van der Waals surface area contributed by atoms with Crippen molar-refractivity contribution in [2.24, 2.45) is 0 Å². The summed E-state index contributed by atoms with van der Waals surface area (Å²) < 4.78 is 15.8. The molecule has 6 heteroatoms. The van der Waals surface area contributed by atoms with Crippen molar-refractivity contribution in [3.63, 3.8) is 0 Å². The summed E-state index contributed by atoms with van der Waals surface area (Å²) in [6.07, 6.45) is 2.79. The number of benzene rings is 3. The molecule has 0 saturated heterocycles. The summed E-state index contributed by atoms with van der Waals surface area (Å²) in [5.41, 5.74) is 8.19. The van der Waals surface area contributed by atoms with Gasteiger partial charge in [-0.3, -0.25) is 4.79 Å². The predicted octanol–water partition coefficient (Wildman–Crippen LogP) is 3.92. The average molecular weight is 416 g/mol. The van der Waals surface area contributed by atoms with Gasteiger partial charge in [0.25, 0.3) is 0 Å². The third-order valence-corrected chi connectivity index (χ3v) is 5.62. The Labute approximate surface area is 176 Å². The van der Waals surface area contributed by atoms with Gasteiger partial charge >= 0.3 is 0 Å². The van der Waals surface area contributed by atoms with Gasteiger partial charge in [0, 0.05) is 22.2 Å². The van der Waals surface area contributed by atoms with Crippen LogP contribution in [0.4, 0.5) is 17.1 Å². The van der Waals surface area contributed by atoms with E-state index in [2.05, 4.69) is 27.8 Å². The topological polar surface area (TPSA) is 84.2 Å². The van der Waals surface area contributed by atoms with Crippen molar-refractivity contribution in [3.8, 4) is 11.8 Å². The number of nitrogens with two attached hydrogens (primary N) is 1. The van der Waals surface area contributed by atoms with Crippen LogP contribution in [0.5, 0.6) is 0 Å². The standard InChI is InChI=1S/C24H21N3O2S/c1-30(29,21-13-3-2-4-14-21)27-20-12-9-11-19(18-20)10-5-8-17-24(28)26-23-16-7-6-15-22(23)25/h2-4,6-9,11-18H,1,25H2,(H,26,28)(H,27,29)/b17-8+. The smallest absolute Gasteiger partial charge is 0.249 e. The zero-order chi connectivity index (χ0) is 21.4. The summed E-state index contributed by atoms with van der Waals surface area (Å²) >= 11 is 0. The van der Waals surface area contributed by atoms with Gasteiger partial charge in [0.05, 0.1) is 21.1 Å². The van der Waals surface area contributed by atoms with Crippen molar-refractivity contribution in [1.82, 2.24) is 0 Å². The number of nitrogens with one attached hydrogen (secondary N) is 2. The van der Waals surface area contributed by atoms with E-state index in [0.29, 0.717) is 27.5 Å². The Hall–Kier alpha value is -3.95. The van der Waals surface area contributed by atoms with Gasteiger partial charge in [-0.2, -0.15) is 0 Å². The van der Waals surface area contributed by atoms with Crippen LogP contribution >= 0.6 is 0 Å². The number of carbonyl (C=O) groups is 1. The van der Waals surface area contributed by atoms with E-state index < -0.39 is 9.71 Å². The van der Waals surface area contributed by atoms with E-state index in [1.165, 1.54) is 12.2 Å². The maximum Gasteiger partial charge on any atom is 0.249 e. The van der Waals surface area contributed by atoms with Crippen LogP contribution in [0.25, 0.3) is 0 Å². The summed E-state index contributed by atoms with van der Waals surface area (Å²) in [6, 6.07) is 23.3. The van der Waals surface area contributed by atoms with Gasteiger partial charge in [-0.25, -0.2) is 4.21 Å². The van der Waals surface area contributed by atoms with Gasteiger partial charge in [-0.1, -0.05) is 48.2 Å². The lowest BCUT2D eigenvalue weighted by Crippen LogP contribution is -2.12. The molecule has 0 heterocycles. The lowest BCUT2D eigenvalue weighted by Gasteiger charge is -2.12. The molecule has 1 atom stereocenters. The zero-order valence-corrected chi connectivity index (χ0v) is 17.0. The molecule has 5 nitrogen and oxygen atoms in total. The molecule has 1 unspecified atom stereocenters. The first-order valence-electron chi connectivity index (χ1n) is 9.08. The number of hydrogen-bond donors (Lipinski definition) is 3. The molecule has 3 aromatic carbocycles. The Morgan fingerprint density at radius 3 is 2.50 bits per heavy atom. The molecule has 0 aliphatic rings. The minimum atomic E-state index is -2.68. The monoisotopic (exact) mass is 415 g/mol. The summed E-state index contributed by atoms with van der Waals surface area (Å²) in [4.78, 5) is 12.6. The third-order valence-electron chi connectivity index (χ3n) is 4.02. The largest absolute Gasteiger partial charge is 0.397 e. The SMILES string of the molecule is C=S(=O)(Nc1cccc(C#C/C=C/C(=O)Nc2ccccc2N)c1)c1ccccc1. The van der Waals surface area contributed by atoms with Crippen LogP contribution in [-0.2, 0) is 14.5 Å². The highest BCUT2D eigenvalue weighted by molar-refractivity contribution is 8.01. The molecule has 0 aliphatic heterocycles. The molecule has 0 fully saturated rings. The van der Waals surface area contributed by atoms with E-state index in [9.17, 15) is 9.00 Å². The number of nitrogen functional groups attached to an aromatic ring is 1. The first-order valence-corrected chi connectivity index (χ1v) is 10.8. The number of para-hydroxylation sites is 2. The van der Waals surface area contributed by atoms with Crippen LogP contribution < -0.4 is 15.8 Å². The maximum absolute atomic E-state index is 12.9. The number of amides is 1. The minimum absolute atomic E-state index is 0.322. The molecule has 1 amide bonds. The fourth-order valence-electron chi connectivity index (χ4n) is 2.58. The Morgan fingerprint density at radius 2 is 1.73 bits per heavy atom. The maximum atomic E-state index is 12.9. The van der Waals surface area contributed by atoms with Crippen molar-refractivity contribution in [2.75, 3.05) is 15.8 Å². The van der Waals surface area contributed by atoms with Crippen molar-refractivity contribution < 1.29 is 9.00 Å². The Morgan fingerprint density at radius 1 is 1.00 bits per heavy atom. The van der Waals surface area contributed by atoms with Gasteiger partial charge in [0.2, 0.25) is 5.91 Å². The predicted molar refractivity (Wildman–Crippen MR) is 126 cm³/mol. The third kappa shape index (κ3) is 5.77. The highest BCUT2D eigenvalue weighted by Gasteiger charge is 2.07. The summed E-state index contributed by atoms with van der Waals surface area (Å²) in [5.74, 6) is 9.26. The number of rotatable bonds is 5. The molecule has 0 radical (unpaired) electrons. The first-order chi connectivity index (χ1) is 14.4. The van der Waals surface area contributed by atoms with Crippen molar-refractivity contribution >= 4 is 38.5 Å². The second-order valence-corrected chi connectivity index (χ2v) is 8.38. The second kappa shape index (κ2) is 9.50. The van der Waals surface area contributed by atoms with Gasteiger partial charge in [0.15, 0.2) is 0 Å². The van der Waals surface area contributed by atoms with Gasteiger partial charge in [0.1, 0.15) is 0 Å². The van der Waals surface area contributed by atoms with E-state index in [0.717, 1.165) is 0 Å². The molecule has 0 aromatic heterocycles. The number of allylic oxidation sites excluding steroid dienone is 1. The fourth-order valence-corrected chi connectivity index (χ4v) is 3.80. The van der Waals surface area contributed by atoms with E-state index >= 15 is 0 Å². The average Bonchev–Trinajstić information content (AvgIpc) is 2.74. The highest BCUT2D eigenvalue weighted by atomic mass is 32.2. The highest BCUT2D eigenvalue weighted by Crippen LogP contribution is 2.17. The molecule has 30 heavy (non-hydrogen) atoms. The minimum Gasteiger partial charge on any atom is -0.397 e.